The molecule has 1 aromatic heterocycles. The van der Waals surface area contributed by atoms with Gasteiger partial charge in [-0.1, -0.05) is 32.3 Å². The molecule has 0 aliphatic heterocycles. The summed E-state index contributed by atoms with van der Waals surface area (Å²) in [6, 6.07) is 0.544. The van der Waals surface area contributed by atoms with Gasteiger partial charge in [0, 0.05) is 18.4 Å². The topological polar surface area (TPSA) is 51.0 Å². The highest BCUT2D eigenvalue weighted by Gasteiger charge is 2.24. The molecule has 1 saturated carbocycles. The molecule has 1 heterocycles. The monoisotopic (exact) mass is 279 g/mol. The molecule has 114 valence electrons. The van der Waals surface area contributed by atoms with E-state index in [-0.39, 0.29) is 0 Å². The van der Waals surface area contributed by atoms with Crippen LogP contribution in [-0.4, -0.2) is 22.7 Å². The van der Waals surface area contributed by atoms with E-state index in [4.69, 9.17) is 4.52 Å². The molecule has 1 aliphatic carbocycles. The van der Waals surface area contributed by atoms with Crippen molar-refractivity contribution >= 4 is 0 Å². The number of aryl methyl sites for hydroxylation is 1. The van der Waals surface area contributed by atoms with Gasteiger partial charge < -0.3 is 9.84 Å². The van der Waals surface area contributed by atoms with Gasteiger partial charge in [-0.15, -0.1) is 0 Å². The lowest BCUT2D eigenvalue weighted by Crippen LogP contribution is -2.23. The van der Waals surface area contributed by atoms with E-state index < -0.39 is 0 Å². The molecule has 0 bridgehead atoms. The lowest BCUT2D eigenvalue weighted by molar-refractivity contribution is 0.303. The number of nitrogens with zero attached hydrogens (tertiary/aromatic N) is 2. The Morgan fingerprint density at radius 3 is 2.65 bits per heavy atom. The summed E-state index contributed by atoms with van der Waals surface area (Å²) in [6.07, 6.45) is 8.36. The predicted octanol–water partition coefficient (Wildman–Crippen LogP) is 3.68. The van der Waals surface area contributed by atoms with Crippen LogP contribution >= 0.6 is 0 Å². The molecule has 1 N–H and O–H groups in total. The second-order valence-electron chi connectivity index (χ2n) is 6.38. The molecule has 0 saturated heterocycles. The highest BCUT2D eigenvalue weighted by Crippen LogP contribution is 2.35. The quantitative estimate of drug-likeness (QED) is 0.773. The Bertz CT molecular complexity index is 381. The molecule has 1 aliphatic rings. The summed E-state index contributed by atoms with van der Waals surface area (Å²) in [5.41, 5.74) is 0. The maximum Gasteiger partial charge on any atom is 0.226 e. The molecule has 1 fully saturated rings. The number of rotatable bonds is 7. The van der Waals surface area contributed by atoms with Crippen LogP contribution in [0.1, 0.15) is 76.9 Å². The van der Waals surface area contributed by atoms with Gasteiger partial charge in [0.2, 0.25) is 5.89 Å². The highest BCUT2D eigenvalue weighted by molar-refractivity contribution is 4.97. The van der Waals surface area contributed by atoms with Crippen molar-refractivity contribution in [1.82, 2.24) is 15.5 Å². The Hall–Kier alpha value is -0.900. The van der Waals surface area contributed by atoms with Crippen molar-refractivity contribution in [2.45, 2.75) is 77.7 Å². The molecule has 20 heavy (non-hydrogen) atoms. The standard InChI is InChI=1S/C16H29N3O/c1-4-13-7-9-14(10-8-13)16-18-15(20-19-16)6-5-11-17-12(2)3/h12-14,17H,4-11H2,1-3H3. The summed E-state index contributed by atoms with van der Waals surface area (Å²) in [5, 5.41) is 7.61. The highest BCUT2D eigenvalue weighted by atomic mass is 16.5. The molecular formula is C16H29N3O. The third-order valence-corrected chi connectivity index (χ3v) is 4.39. The van der Waals surface area contributed by atoms with Crippen LogP contribution in [0.5, 0.6) is 0 Å². The normalized spacial score (nSPS) is 23.4. The average Bonchev–Trinajstić information content (AvgIpc) is 2.92. The minimum absolute atomic E-state index is 0.532. The van der Waals surface area contributed by atoms with E-state index in [0.29, 0.717) is 12.0 Å². The van der Waals surface area contributed by atoms with E-state index in [0.717, 1.165) is 37.0 Å². The molecule has 0 spiro atoms. The summed E-state index contributed by atoms with van der Waals surface area (Å²) in [7, 11) is 0. The third kappa shape index (κ3) is 4.58. The number of aromatic nitrogens is 2. The average molecular weight is 279 g/mol. The van der Waals surface area contributed by atoms with E-state index >= 15 is 0 Å². The lowest BCUT2D eigenvalue weighted by atomic mass is 9.80. The first-order valence-corrected chi connectivity index (χ1v) is 8.25. The summed E-state index contributed by atoms with van der Waals surface area (Å²) < 4.78 is 5.39. The van der Waals surface area contributed by atoms with Crippen LogP contribution < -0.4 is 5.32 Å². The van der Waals surface area contributed by atoms with Crippen LogP contribution in [0.2, 0.25) is 0 Å². The van der Waals surface area contributed by atoms with Gasteiger partial charge in [-0.05, 0) is 44.6 Å². The second kappa shape index (κ2) is 7.77. The van der Waals surface area contributed by atoms with Gasteiger partial charge in [0.25, 0.3) is 0 Å². The maximum absolute atomic E-state index is 5.39. The van der Waals surface area contributed by atoms with E-state index in [1.165, 1.54) is 32.1 Å². The predicted molar refractivity (Wildman–Crippen MR) is 80.7 cm³/mol. The molecule has 4 nitrogen and oxygen atoms in total. The van der Waals surface area contributed by atoms with Gasteiger partial charge in [-0.2, -0.15) is 4.98 Å². The number of nitrogens with one attached hydrogen (secondary N) is 1. The Labute approximate surface area is 122 Å². The van der Waals surface area contributed by atoms with Crippen molar-refractivity contribution < 1.29 is 4.52 Å². The largest absolute Gasteiger partial charge is 0.339 e. The maximum atomic E-state index is 5.39. The zero-order chi connectivity index (χ0) is 14.4. The Kier molecular flexibility index (Phi) is 6.02. The van der Waals surface area contributed by atoms with Gasteiger partial charge in [0.15, 0.2) is 5.82 Å². The van der Waals surface area contributed by atoms with Gasteiger partial charge in [0.05, 0.1) is 0 Å². The lowest BCUT2D eigenvalue weighted by Gasteiger charge is -2.25. The van der Waals surface area contributed by atoms with Crippen molar-refractivity contribution in [2.24, 2.45) is 5.92 Å². The molecule has 4 heteroatoms. The molecule has 0 unspecified atom stereocenters. The molecule has 0 aromatic carbocycles. The summed E-state index contributed by atoms with van der Waals surface area (Å²) >= 11 is 0. The third-order valence-electron chi connectivity index (χ3n) is 4.39. The smallest absolute Gasteiger partial charge is 0.226 e. The van der Waals surface area contributed by atoms with E-state index in [1.807, 2.05) is 0 Å². The van der Waals surface area contributed by atoms with Crippen LogP contribution in [0.4, 0.5) is 0 Å². The van der Waals surface area contributed by atoms with Crippen LogP contribution in [0.25, 0.3) is 0 Å². The van der Waals surface area contributed by atoms with E-state index in [2.05, 4.69) is 36.2 Å². The van der Waals surface area contributed by atoms with Crippen molar-refractivity contribution in [3.63, 3.8) is 0 Å². The van der Waals surface area contributed by atoms with Gasteiger partial charge in [-0.25, -0.2) is 0 Å². The fraction of sp³-hybridized carbons (Fsp3) is 0.875. The summed E-state index contributed by atoms with van der Waals surface area (Å²) in [5.74, 6) is 3.21. The Morgan fingerprint density at radius 1 is 1.25 bits per heavy atom. The van der Waals surface area contributed by atoms with Gasteiger partial charge >= 0.3 is 0 Å². The SMILES string of the molecule is CCC1CCC(c2noc(CCCNC(C)C)n2)CC1. The van der Waals surface area contributed by atoms with E-state index in [9.17, 15) is 0 Å². The molecule has 0 atom stereocenters. The Balaban J connectivity index is 1.74. The Morgan fingerprint density at radius 2 is 2.00 bits per heavy atom. The van der Waals surface area contributed by atoms with Gasteiger partial charge in [0.1, 0.15) is 0 Å². The summed E-state index contributed by atoms with van der Waals surface area (Å²) in [6.45, 7) is 7.63. The minimum Gasteiger partial charge on any atom is -0.339 e. The first-order chi connectivity index (χ1) is 9.69. The van der Waals surface area contributed by atoms with Gasteiger partial charge in [-0.3, -0.25) is 0 Å². The molecular weight excluding hydrogens is 250 g/mol. The first-order valence-electron chi connectivity index (χ1n) is 8.25. The summed E-state index contributed by atoms with van der Waals surface area (Å²) in [4.78, 5) is 4.60. The molecule has 1 aromatic rings. The van der Waals surface area contributed by atoms with Crippen molar-refractivity contribution in [3.05, 3.63) is 11.7 Å². The first kappa shape index (κ1) is 15.5. The fourth-order valence-corrected chi connectivity index (χ4v) is 2.99. The zero-order valence-electron chi connectivity index (χ0n) is 13.2. The molecule has 0 amide bonds. The number of hydrogen-bond donors (Lipinski definition) is 1. The van der Waals surface area contributed by atoms with E-state index in [1.54, 1.807) is 0 Å². The number of hydrogen-bond acceptors (Lipinski definition) is 4. The minimum atomic E-state index is 0.532. The van der Waals surface area contributed by atoms with Crippen LogP contribution in [-0.2, 0) is 6.42 Å². The van der Waals surface area contributed by atoms with Crippen molar-refractivity contribution in [2.75, 3.05) is 6.54 Å². The van der Waals surface area contributed by atoms with Crippen molar-refractivity contribution in [1.29, 1.82) is 0 Å². The molecule has 0 radical (unpaired) electrons. The fourth-order valence-electron chi connectivity index (χ4n) is 2.99. The molecule has 2 rings (SSSR count). The second-order valence-corrected chi connectivity index (χ2v) is 6.38. The van der Waals surface area contributed by atoms with Crippen LogP contribution in [0.15, 0.2) is 4.52 Å². The van der Waals surface area contributed by atoms with Crippen LogP contribution in [0.3, 0.4) is 0 Å². The zero-order valence-corrected chi connectivity index (χ0v) is 13.2. The van der Waals surface area contributed by atoms with Crippen molar-refractivity contribution in [3.8, 4) is 0 Å². The van der Waals surface area contributed by atoms with Crippen LogP contribution in [0, 0.1) is 5.92 Å².